The number of nitro groups is 1. The van der Waals surface area contributed by atoms with Gasteiger partial charge in [-0.1, -0.05) is 42.1 Å². The summed E-state index contributed by atoms with van der Waals surface area (Å²) in [6.07, 6.45) is 1.60. The lowest BCUT2D eigenvalue weighted by Gasteiger charge is -2.11. The van der Waals surface area contributed by atoms with Crippen molar-refractivity contribution in [2.45, 2.75) is 23.9 Å². The van der Waals surface area contributed by atoms with Gasteiger partial charge in [0.2, 0.25) is 17.6 Å². The molecule has 3 aromatic heterocycles. The highest BCUT2D eigenvalue weighted by atomic mass is 32.2. The van der Waals surface area contributed by atoms with Crippen molar-refractivity contribution in [3.05, 3.63) is 94.6 Å². The van der Waals surface area contributed by atoms with E-state index in [1.807, 2.05) is 54.0 Å². The summed E-state index contributed by atoms with van der Waals surface area (Å²) >= 11 is 1.44. The van der Waals surface area contributed by atoms with Crippen LogP contribution in [-0.4, -0.2) is 29.9 Å². The van der Waals surface area contributed by atoms with Gasteiger partial charge in [0.05, 0.1) is 23.0 Å². The van der Waals surface area contributed by atoms with Gasteiger partial charge in [0.1, 0.15) is 0 Å². The number of rotatable bonds is 8. The lowest BCUT2D eigenvalue weighted by Crippen LogP contribution is -2.04. The Labute approximate surface area is 197 Å². The predicted octanol–water partition coefficient (Wildman–Crippen LogP) is 5.40. The van der Waals surface area contributed by atoms with Gasteiger partial charge in [-0.25, -0.2) is 0 Å². The van der Waals surface area contributed by atoms with Gasteiger partial charge in [-0.15, -0.1) is 20.4 Å². The Morgan fingerprint density at radius 3 is 2.50 bits per heavy atom. The quantitative estimate of drug-likeness (QED) is 0.165. The molecule has 0 amide bonds. The van der Waals surface area contributed by atoms with Crippen molar-refractivity contribution in [3.8, 4) is 23.0 Å². The summed E-state index contributed by atoms with van der Waals surface area (Å²) in [4.78, 5) is 10.4. The second-order valence-corrected chi connectivity index (χ2v) is 8.67. The predicted molar refractivity (Wildman–Crippen MR) is 124 cm³/mol. The molecule has 5 aromatic rings. The van der Waals surface area contributed by atoms with E-state index in [2.05, 4.69) is 20.4 Å². The summed E-state index contributed by atoms with van der Waals surface area (Å²) in [5.41, 5.74) is 1.70. The summed E-state index contributed by atoms with van der Waals surface area (Å²) in [7, 11) is 0. The number of furan rings is 1. The Kier molecular flexibility index (Phi) is 5.91. The molecule has 0 bridgehead atoms. The Bertz CT molecular complexity index is 1400. The number of non-ortho nitro benzene ring substituents is 1. The molecule has 0 radical (unpaired) electrons. The third-order valence-electron chi connectivity index (χ3n) is 5.04. The van der Waals surface area contributed by atoms with Gasteiger partial charge in [0.25, 0.3) is 5.69 Å². The first-order valence-corrected chi connectivity index (χ1v) is 11.2. The van der Waals surface area contributed by atoms with Crippen LogP contribution in [0.15, 0.2) is 87.0 Å². The fourth-order valence-electron chi connectivity index (χ4n) is 3.32. The number of nitro benzene ring substituents is 1. The lowest BCUT2D eigenvalue weighted by molar-refractivity contribution is -0.384. The van der Waals surface area contributed by atoms with Crippen LogP contribution in [0.3, 0.4) is 0 Å². The van der Waals surface area contributed by atoms with E-state index in [1.165, 1.54) is 23.9 Å². The number of nitrogens with zero attached hydrogens (tertiary/aromatic N) is 6. The van der Waals surface area contributed by atoms with Crippen LogP contribution in [0.1, 0.15) is 23.6 Å². The third kappa shape index (κ3) is 4.46. The first-order valence-electron chi connectivity index (χ1n) is 10.3. The molecule has 0 aliphatic heterocycles. The van der Waals surface area contributed by atoms with E-state index in [0.717, 1.165) is 5.56 Å². The SMILES string of the molecule is CC(Sc1nnc(-c2ccco2)n1Cc1ccccc1)c1nnc(-c2ccc([N+](=O)[O-])cc2)o1. The average molecular weight is 475 g/mol. The van der Waals surface area contributed by atoms with Crippen LogP contribution in [0, 0.1) is 10.1 Å². The molecule has 0 aliphatic rings. The van der Waals surface area contributed by atoms with E-state index in [1.54, 1.807) is 18.4 Å². The van der Waals surface area contributed by atoms with Gasteiger partial charge in [-0.2, -0.15) is 0 Å². The van der Waals surface area contributed by atoms with Crippen molar-refractivity contribution in [3.63, 3.8) is 0 Å². The number of hydrogen-bond donors (Lipinski definition) is 0. The summed E-state index contributed by atoms with van der Waals surface area (Å²) in [5.74, 6) is 1.95. The topological polar surface area (TPSA) is 126 Å². The first-order chi connectivity index (χ1) is 16.6. The fourth-order valence-corrected chi connectivity index (χ4v) is 4.20. The molecule has 0 saturated heterocycles. The molecule has 2 aromatic carbocycles. The van der Waals surface area contributed by atoms with E-state index in [9.17, 15) is 10.1 Å². The number of thioether (sulfide) groups is 1. The van der Waals surface area contributed by atoms with Gasteiger partial charge >= 0.3 is 0 Å². The number of hydrogen-bond acceptors (Lipinski definition) is 9. The molecule has 0 saturated carbocycles. The molecule has 1 unspecified atom stereocenters. The minimum atomic E-state index is -0.454. The van der Waals surface area contributed by atoms with E-state index in [-0.39, 0.29) is 10.9 Å². The van der Waals surface area contributed by atoms with Crippen LogP contribution >= 0.6 is 11.8 Å². The Hall–Kier alpha value is -4.25. The molecule has 170 valence electrons. The highest BCUT2D eigenvalue weighted by Gasteiger charge is 2.23. The van der Waals surface area contributed by atoms with E-state index >= 15 is 0 Å². The molecule has 1 atom stereocenters. The van der Waals surface area contributed by atoms with Crippen LogP contribution in [-0.2, 0) is 6.54 Å². The largest absolute Gasteiger partial charge is 0.461 e. The normalized spacial score (nSPS) is 12.0. The molecule has 0 aliphatic carbocycles. The van der Waals surface area contributed by atoms with Crippen molar-refractivity contribution in [2.24, 2.45) is 0 Å². The standard InChI is InChI=1S/C23H18N6O4S/c1-15(21-25-26-22(33-21)17-9-11-18(12-10-17)29(30)31)34-23-27-24-20(19-8-5-13-32-19)28(23)14-16-6-3-2-4-7-16/h2-13,15H,14H2,1H3. The zero-order valence-corrected chi connectivity index (χ0v) is 18.8. The average Bonchev–Trinajstić information content (AvgIpc) is 3.62. The second-order valence-electron chi connectivity index (χ2n) is 7.36. The van der Waals surface area contributed by atoms with Gasteiger partial charge < -0.3 is 8.83 Å². The van der Waals surface area contributed by atoms with Crippen LogP contribution in [0.2, 0.25) is 0 Å². The van der Waals surface area contributed by atoms with Gasteiger partial charge in [-0.05, 0) is 36.8 Å². The second kappa shape index (κ2) is 9.32. The molecule has 10 nitrogen and oxygen atoms in total. The van der Waals surface area contributed by atoms with Crippen LogP contribution in [0.25, 0.3) is 23.0 Å². The lowest BCUT2D eigenvalue weighted by atomic mass is 10.2. The smallest absolute Gasteiger partial charge is 0.269 e. The molecular formula is C23H18N6O4S. The van der Waals surface area contributed by atoms with Gasteiger partial charge in [0, 0.05) is 17.7 Å². The zero-order valence-electron chi connectivity index (χ0n) is 17.9. The number of aromatic nitrogens is 5. The molecule has 11 heteroatoms. The molecular weight excluding hydrogens is 456 g/mol. The molecule has 0 fully saturated rings. The van der Waals surface area contributed by atoms with Crippen molar-refractivity contribution >= 4 is 17.4 Å². The minimum absolute atomic E-state index is 0.00229. The maximum atomic E-state index is 10.9. The van der Waals surface area contributed by atoms with Crippen molar-refractivity contribution in [2.75, 3.05) is 0 Å². The zero-order chi connectivity index (χ0) is 23.5. The highest BCUT2D eigenvalue weighted by Crippen LogP contribution is 2.36. The Morgan fingerprint density at radius 1 is 1.00 bits per heavy atom. The summed E-state index contributed by atoms with van der Waals surface area (Å²) in [6, 6.07) is 19.6. The first kappa shape index (κ1) is 21.6. The maximum Gasteiger partial charge on any atom is 0.269 e. The summed E-state index contributed by atoms with van der Waals surface area (Å²) in [5, 5.41) is 28.3. The van der Waals surface area contributed by atoms with E-state index < -0.39 is 4.92 Å². The van der Waals surface area contributed by atoms with Crippen molar-refractivity contribution in [1.29, 1.82) is 0 Å². The monoisotopic (exact) mass is 474 g/mol. The molecule has 5 rings (SSSR count). The maximum absolute atomic E-state index is 10.9. The van der Waals surface area contributed by atoms with E-state index in [0.29, 0.717) is 40.6 Å². The number of benzene rings is 2. The Balaban J connectivity index is 1.39. The van der Waals surface area contributed by atoms with Crippen LogP contribution in [0.5, 0.6) is 0 Å². The Morgan fingerprint density at radius 2 is 1.79 bits per heavy atom. The summed E-state index contributed by atoms with van der Waals surface area (Å²) < 4.78 is 13.4. The minimum Gasteiger partial charge on any atom is -0.461 e. The van der Waals surface area contributed by atoms with Crippen molar-refractivity contribution < 1.29 is 13.8 Å². The molecule has 34 heavy (non-hydrogen) atoms. The van der Waals surface area contributed by atoms with Crippen molar-refractivity contribution in [1.82, 2.24) is 25.0 Å². The van der Waals surface area contributed by atoms with Gasteiger partial charge in [-0.3, -0.25) is 14.7 Å². The third-order valence-corrected chi connectivity index (χ3v) is 6.11. The molecule has 0 N–H and O–H groups in total. The molecule has 0 spiro atoms. The van der Waals surface area contributed by atoms with E-state index in [4.69, 9.17) is 8.83 Å². The van der Waals surface area contributed by atoms with Crippen LogP contribution < -0.4 is 0 Å². The van der Waals surface area contributed by atoms with Gasteiger partial charge in [0.15, 0.2) is 10.9 Å². The van der Waals surface area contributed by atoms with Crippen LogP contribution in [0.4, 0.5) is 5.69 Å². The fraction of sp³-hybridized carbons (Fsp3) is 0.130. The molecule has 3 heterocycles. The highest BCUT2D eigenvalue weighted by molar-refractivity contribution is 7.99. The summed E-state index contributed by atoms with van der Waals surface area (Å²) in [6.45, 7) is 2.50.